The maximum atomic E-state index is 11.3. The number of hydrogen-bond acceptors (Lipinski definition) is 4. The molecule has 1 amide bonds. The number of amidine groups is 1. The van der Waals surface area contributed by atoms with Crippen LogP contribution in [-0.2, 0) is 9.63 Å². The van der Waals surface area contributed by atoms with Crippen LogP contribution in [0.25, 0.3) is 0 Å². The van der Waals surface area contributed by atoms with Gasteiger partial charge in [0.15, 0.2) is 0 Å². The second-order valence-electron chi connectivity index (χ2n) is 4.19. The highest BCUT2D eigenvalue weighted by atomic mass is 16.7. The Morgan fingerprint density at radius 3 is 2.44 bits per heavy atom. The zero-order chi connectivity index (χ0) is 12.8. The molecule has 0 fully saturated rings. The van der Waals surface area contributed by atoms with E-state index in [0.29, 0.717) is 0 Å². The van der Waals surface area contributed by atoms with E-state index in [2.05, 4.69) is 15.3 Å². The summed E-state index contributed by atoms with van der Waals surface area (Å²) in [5, 5.41) is 13.8. The minimum absolute atomic E-state index is 0.0614. The highest BCUT2D eigenvalue weighted by Gasteiger charge is 2.23. The number of nitrogens with two attached hydrogens (primary N) is 1. The quantitative estimate of drug-likeness (QED) is 0.282. The average Bonchev–Trinajstić information content (AvgIpc) is 2.11. The van der Waals surface area contributed by atoms with Crippen LogP contribution in [0.15, 0.2) is 5.16 Å². The number of nitrogens with zero attached hydrogens (tertiary/aromatic N) is 1. The van der Waals surface area contributed by atoms with Gasteiger partial charge in [0.05, 0.1) is 5.41 Å². The number of carbonyl (C=O) groups excluding carboxylic acids is 1. The van der Waals surface area contributed by atoms with E-state index in [0.717, 1.165) is 0 Å². The van der Waals surface area contributed by atoms with Crippen molar-refractivity contribution in [3.05, 3.63) is 0 Å². The van der Waals surface area contributed by atoms with Crippen LogP contribution < -0.4 is 11.1 Å². The summed E-state index contributed by atoms with van der Waals surface area (Å²) >= 11 is 0. The Hall–Kier alpha value is -1.79. The Bertz CT molecular complexity index is 294. The van der Waals surface area contributed by atoms with E-state index in [4.69, 9.17) is 10.8 Å². The summed E-state index contributed by atoms with van der Waals surface area (Å²) in [6.07, 6.45) is -0.955. The van der Waals surface area contributed by atoms with Crippen molar-refractivity contribution < 1.29 is 19.5 Å². The standard InChI is InChI=1S/C9H17N3O4/c1-9(2,3)7(13)16-12-6(10)4-5-11-8(14)15/h11H,4-5H2,1-3H3,(H2,10,12)(H,14,15). The molecule has 4 N–H and O–H groups in total. The Labute approximate surface area is 93.6 Å². The lowest BCUT2D eigenvalue weighted by Crippen LogP contribution is -2.27. The maximum absolute atomic E-state index is 11.3. The van der Waals surface area contributed by atoms with Gasteiger partial charge in [-0.3, -0.25) is 0 Å². The summed E-state index contributed by atoms with van der Waals surface area (Å²) in [7, 11) is 0. The third kappa shape index (κ3) is 6.63. The van der Waals surface area contributed by atoms with Crippen LogP contribution >= 0.6 is 0 Å². The summed E-state index contributed by atoms with van der Waals surface area (Å²) in [6, 6.07) is 0. The summed E-state index contributed by atoms with van der Waals surface area (Å²) in [5.74, 6) is -0.437. The minimum Gasteiger partial charge on any atom is -0.465 e. The molecule has 7 nitrogen and oxygen atoms in total. The third-order valence-corrected chi connectivity index (χ3v) is 1.52. The van der Waals surface area contributed by atoms with Crippen LogP contribution in [0.1, 0.15) is 27.2 Å². The molecule has 92 valence electrons. The van der Waals surface area contributed by atoms with Gasteiger partial charge in [0.25, 0.3) is 0 Å². The highest BCUT2D eigenvalue weighted by Crippen LogP contribution is 2.14. The van der Waals surface area contributed by atoms with Gasteiger partial charge >= 0.3 is 12.1 Å². The zero-order valence-electron chi connectivity index (χ0n) is 9.61. The molecule has 0 saturated carbocycles. The van der Waals surface area contributed by atoms with Crippen LogP contribution in [0.3, 0.4) is 0 Å². The second-order valence-corrected chi connectivity index (χ2v) is 4.19. The lowest BCUT2D eigenvalue weighted by molar-refractivity contribution is -0.152. The molecule has 0 aliphatic carbocycles. The van der Waals surface area contributed by atoms with Gasteiger partial charge in [-0.1, -0.05) is 5.16 Å². The van der Waals surface area contributed by atoms with E-state index in [-0.39, 0.29) is 18.8 Å². The van der Waals surface area contributed by atoms with Gasteiger partial charge < -0.3 is 21.0 Å². The SMILES string of the molecule is CC(C)(C)C(=O)O/N=C(\N)CCNC(=O)O. The molecule has 0 aromatic heterocycles. The number of hydrogen-bond donors (Lipinski definition) is 3. The van der Waals surface area contributed by atoms with Crippen LogP contribution in [0.2, 0.25) is 0 Å². The van der Waals surface area contributed by atoms with E-state index < -0.39 is 17.5 Å². The molecule has 0 radical (unpaired) electrons. The van der Waals surface area contributed by atoms with Crippen LogP contribution in [-0.4, -0.2) is 29.5 Å². The molecule has 0 heterocycles. The molecule has 0 aliphatic rings. The molecule has 0 unspecified atom stereocenters. The van der Waals surface area contributed by atoms with E-state index in [1.807, 2.05) is 0 Å². The molecule has 0 bridgehead atoms. The summed E-state index contributed by atoms with van der Waals surface area (Å²) in [6.45, 7) is 5.19. The Kier molecular flexibility index (Phi) is 5.27. The number of amides is 1. The number of nitrogens with one attached hydrogen (secondary N) is 1. The van der Waals surface area contributed by atoms with Gasteiger partial charge in [-0.25, -0.2) is 9.59 Å². The van der Waals surface area contributed by atoms with Crippen molar-refractivity contribution in [1.29, 1.82) is 0 Å². The Morgan fingerprint density at radius 1 is 1.44 bits per heavy atom. The molecular formula is C9H17N3O4. The molecule has 0 aromatic rings. The fraction of sp³-hybridized carbons (Fsp3) is 0.667. The van der Waals surface area contributed by atoms with Gasteiger partial charge in [0.1, 0.15) is 5.84 Å². The molecular weight excluding hydrogens is 214 g/mol. The zero-order valence-corrected chi connectivity index (χ0v) is 9.61. The van der Waals surface area contributed by atoms with E-state index >= 15 is 0 Å². The molecule has 0 aromatic carbocycles. The Balaban J connectivity index is 3.96. The molecule has 0 rings (SSSR count). The fourth-order valence-electron chi connectivity index (χ4n) is 0.580. The third-order valence-electron chi connectivity index (χ3n) is 1.52. The first-order valence-corrected chi connectivity index (χ1v) is 4.74. The number of carboxylic acid groups (broad SMARTS) is 1. The van der Waals surface area contributed by atoms with Crippen molar-refractivity contribution in [2.75, 3.05) is 6.54 Å². The smallest absolute Gasteiger partial charge is 0.404 e. The molecule has 16 heavy (non-hydrogen) atoms. The normalized spacial score (nSPS) is 12.1. The van der Waals surface area contributed by atoms with Crippen molar-refractivity contribution in [2.24, 2.45) is 16.3 Å². The van der Waals surface area contributed by atoms with Gasteiger partial charge in [0, 0.05) is 13.0 Å². The first kappa shape index (κ1) is 14.2. The lowest BCUT2D eigenvalue weighted by atomic mass is 9.98. The van der Waals surface area contributed by atoms with Crippen molar-refractivity contribution in [3.63, 3.8) is 0 Å². The van der Waals surface area contributed by atoms with Gasteiger partial charge in [-0.05, 0) is 20.8 Å². The van der Waals surface area contributed by atoms with Crippen molar-refractivity contribution >= 4 is 17.9 Å². The van der Waals surface area contributed by atoms with Crippen molar-refractivity contribution in [1.82, 2.24) is 5.32 Å². The lowest BCUT2D eigenvalue weighted by Gasteiger charge is -2.13. The first-order chi connectivity index (χ1) is 7.23. The van der Waals surface area contributed by atoms with Crippen molar-refractivity contribution in [3.8, 4) is 0 Å². The van der Waals surface area contributed by atoms with E-state index in [9.17, 15) is 9.59 Å². The van der Waals surface area contributed by atoms with E-state index in [1.54, 1.807) is 20.8 Å². The number of rotatable bonds is 4. The topological polar surface area (TPSA) is 114 Å². The number of carbonyl (C=O) groups is 2. The minimum atomic E-state index is -1.14. The molecule has 0 atom stereocenters. The summed E-state index contributed by atoms with van der Waals surface area (Å²) in [4.78, 5) is 25.9. The van der Waals surface area contributed by atoms with Gasteiger partial charge in [0.2, 0.25) is 0 Å². The monoisotopic (exact) mass is 231 g/mol. The molecule has 0 saturated heterocycles. The molecule has 0 spiro atoms. The van der Waals surface area contributed by atoms with Crippen LogP contribution in [0, 0.1) is 5.41 Å². The van der Waals surface area contributed by atoms with Gasteiger partial charge in [-0.15, -0.1) is 0 Å². The van der Waals surface area contributed by atoms with Crippen LogP contribution in [0.4, 0.5) is 4.79 Å². The Morgan fingerprint density at radius 2 is 2.00 bits per heavy atom. The fourth-order valence-corrected chi connectivity index (χ4v) is 0.580. The largest absolute Gasteiger partial charge is 0.465 e. The average molecular weight is 231 g/mol. The first-order valence-electron chi connectivity index (χ1n) is 4.74. The second kappa shape index (κ2) is 5.94. The maximum Gasteiger partial charge on any atom is 0.404 e. The van der Waals surface area contributed by atoms with Crippen LogP contribution in [0.5, 0.6) is 0 Å². The highest BCUT2D eigenvalue weighted by molar-refractivity contribution is 5.82. The predicted octanol–water partition coefficient (Wildman–Crippen LogP) is 0.506. The molecule has 7 heteroatoms. The van der Waals surface area contributed by atoms with E-state index in [1.165, 1.54) is 0 Å². The summed E-state index contributed by atoms with van der Waals surface area (Å²) in [5.41, 5.74) is 4.74. The van der Waals surface area contributed by atoms with Crippen molar-refractivity contribution in [2.45, 2.75) is 27.2 Å². The predicted molar refractivity (Wildman–Crippen MR) is 57.8 cm³/mol. The summed E-state index contributed by atoms with van der Waals surface area (Å²) < 4.78 is 0. The number of oxime groups is 1. The van der Waals surface area contributed by atoms with Gasteiger partial charge in [-0.2, -0.15) is 0 Å². The molecule has 0 aliphatic heterocycles.